The molecule has 1 aromatic heterocycles. The molecule has 1 aromatic carbocycles. The number of aromatic nitrogens is 2. The maximum atomic E-state index is 14.2. The van der Waals surface area contributed by atoms with Crippen molar-refractivity contribution in [2.75, 3.05) is 5.32 Å². The van der Waals surface area contributed by atoms with Crippen LogP contribution in [0.25, 0.3) is 0 Å². The smallest absolute Gasteiger partial charge is 0.387 e. The first kappa shape index (κ1) is 13.7. The maximum Gasteiger partial charge on any atom is 0.387 e. The van der Waals surface area contributed by atoms with Gasteiger partial charge in [-0.05, 0) is 37.1 Å². The number of nitrogens with zero attached hydrogens (tertiary/aromatic N) is 2. The van der Waals surface area contributed by atoms with Crippen LogP contribution < -0.4 is 10.1 Å². The number of nitrogens with one attached hydrogen (secondary N) is 1. The first-order valence-corrected chi connectivity index (χ1v) is 6.46. The van der Waals surface area contributed by atoms with Crippen molar-refractivity contribution in [3.63, 3.8) is 0 Å². The molecule has 1 aliphatic carbocycles. The molecule has 0 atom stereocenters. The summed E-state index contributed by atoms with van der Waals surface area (Å²) in [6.07, 6.45) is 3.19. The number of ether oxygens (including phenoxy) is 1. The third kappa shape index (κ3) is 3.24. The van der Waals surface area contributed by atoms with Gasteiger partial charge in [-0.3, -0.25) is 0 Å². The van der Waals surface area contributed by atoms with E-state index in [9.17, 15) is 13.2 Å². The molecule has 0 radical (unpaired) electrons. The second kappa shape index (κ2) is 5.59. The highest BCUT2D eigenvalue weighted by Crippen LogP contribution is 2.41. The molecule has 3 rings (SSSR count). The van der Waals surface area contributed by atoms with Crippen LogP contribution in [0.4, 0.5) is 24.7 Å². The van der Waals surface area contributed by atoms with E-state index >= 15 is 0 Å². The fraction of sp³-hybridized carbons (Fsp3) is 0.286. The van der Waals surface area contributed by atoms with Gasteiger partial charge >= 0.3 is 6.61 Å². The Balaban J connectivity index is 1.75. The predicted molar refractivity (Wildman–Crippen MR) is 70.3 cm³/mol. The Labute approximate surface area is 119 Å². The Bertz CT molecular complexity index is 630. The van der Waals surface area contributed by atoms with Gasteiger partial charge < -0.3 is 10.1 Å². The third-order valence-corrected chi connectivity index (χ3v) is 3.12. The molecule has 0 unspecified atom stereocenters. The minimum absolute atomic E-state index is 0.0392. The van der Waals surface area contributed by atoms with Crippen molar-refractivity contribution in [3.05, 3.63) is 42.1 Å². The van der Waals surface area contributed by atoms with Crippen molar-refractivity contribution in [2.24, 2.45) is 0 Å². The number of benzene rings is 1. The minimum atomic E-state index is -2.87. The molecule has 0 amide bonds. The summed E-state index contributed by atoms with van der Waals surface area (Å²) in [5.41, 5.74) is 0.945. The van der Waals surface area contributed by atoms with Gasteiger partial charge in [0.15, 0.2) is 11.6 Å². The molecule has 2 aromatic rings. The first-order valence-electron chi connectivity index (χ1n) is 6.46. The van der Waals surface area contributed by atoms with Crippen LogP contribution in [-0.4, -0.2) is 16.6 Å². The second-order valence-corrected chi connectivity index (χ2v) is 4.72. The van der Waals surface area contributed by atoms with Gasteiger partial charge in [0.25, 0.3) is 0 Å². The summed E-state index contributed by atoms with van der Waals surface area (Å²) >= 11 is 0. The Morgan fingerprint density at radius 2 is 1.86 bits per heavy atom. The van der Waals surface area contributed by atoms with Crippen molar-refractivity contribution in [3.8, 4) is 5.75 Å². The summed E-state index contributed by atoms with van der Waals surface area (Å²) in [6.45, 7) is -2.87. The highest BCUT2D eigenvalue weighted by atomic mass is 19.3. The Morgan fingerprint density at radius 3 is 2.48 bits per heavy atom. The summed E-state index contributed by atoms with van der Waals surface area (Å²) in [7, 11) is 0. The molecule has 4 nitrogen and oxygen atoms in total. The van der Waals surface area contributed by atoms with Crippen LogP contribution in [0.3, 0.4) is 0 Å². The van der Waals surface area contributed by atoms with Crippen LogP contribution in [0, 0.1) is 5.82 Å². The maximum absolute atomic E-state index is 14.2. The van der Waals surface area contributed by atoms with E-state index in [0.717, 1.165) is 12.8 Å². The average Bonchev–Trinajstić information content (AvgIpc) is 3.27. The lowest BCUT2D eigenvalue weighted by Crippen LogP contribution is -2.03. The number of hydrogen-bond acceptors (Lipinski definition) is 4. The number of hydrogen-bond donors (Lipinski definition) is 1. The van der Waals surface area contributed by atoms with Gasteiger partial charge in [-0.25, -0.2) is 14.4 Å². The summed E-state index contributed by atoms with van der Waals surface area (Å²) in [5.74, 6) is -0.171. The number of anilines is 2. The summed E-state index contributed by atoms with van der Waals surface area (Å²) < 4.78 is 42.5. The number of rotatable bonds is 5. The van der Waals surface area contributed by atoms with Gasteiger partial charge in [0, 0.05) is 11.6 Å². The molecule has 0 aliphatic heterocycles. The molecule has 1 saturated carbocycles. The van der Waals surface area contributed by atoms with E-state index in [-0.39, 0.29) is 17.5 Å². The third-order valence-electron chi connectivity index (χ3n) is 3.12. The van der Waals surface area contributed by atoms with Gasteiger partial charge in [-0.15, -0.1) is 0 Å². The topological polar surface area (TPSA) is 47.0 Å². The number of halogens is 3. The van der Waals surface area contributed by atoms with Gasteiger partial charge in [0.1, 0.15) is 12.1 Å². The molecule has 0 bridgehead atoms. The van der Waals surface area contributed by atoms with Crippen LogP contribution in [-0.2, 0) is 0 Å². The van der Waals surface area contributed by atoms with E-state index in [1.807, 2.05) is 0 Å². The van der Waals surface area contributed by atoms with Gasteiger partial charge in [0.05, 0.1) is 5.69 Å². The quantitative estimate of drug-likeness (QED) is 0.910. The van der Waals surface area contributed by atoms with E-state index in [0.29, 0.717) is 11.4 Å². The Kier molecular flexibility index (Phi) is 3.64. The molecular formula is C14H12F3N3O. The fourth-order valence-corrected chi connectivity index (χ4v) is 1.97. The first-order chi connectivity index (χ1) is 10.1. The SMILES string of the molecule is Fc1c(Nc2ccc(OC(F)F)cc2)ncnc1C1CC1. The lowest BCUT2D eigenvalue weighted by molar-refractivity contribution is -0.0498. The van der Waals surface area contributed by atoms with Crippen molar-refractivity contribution in [2.45, 2.75) is 25.4 Å². The molecular weight excluding hydrogens is 283 g/mol. The second-order valence-electron chi connectivity index (χ2n) is 4.72. The largest absolute Gasteiger partial charge is 0.435 e. The predicted octanol–water partition coefficient (Wildman–Crippen LogP) is 3.84. The van der Waals surface area contributed by atoms with Gasteiger partial charge in [-0.1, -0.05) is 0 Å². The fourth-order valence-electron chi connectivity index (χ4n) is 1.97. The average molecular weight is 295 g/mol. The van der Waals surface area contributed by atoms with E-state index in [4.69, 9.17) is 0 Å². The molecule has 110 valence electrons. The highest BCUT2D eigenvalue weighted by Gasteiger charge is 2.29. The van der Waals surface area contributed by atoms with E-state index in [2.05, 4.69) is 20.0 Å². The normalized spacial score (nSPS) is 14.3. The van der Waals surface area contributed by atoms with Gasteiger partial charge in [-0.2, -0.15) is 8.78 Å². The molecule has 1 N–H and O–H groups in total. The molecule has 7 heteroatoms. The number of alkyl halides is 2. The van der Waals surface area contributed by atoms with E-state index in [1.54, 1.807) is 0 Å². The van der Waals surface area contributed by atoms with Crippen molar-refractivity contribution >= 4 is 11.5 Å². The molecule has 1 heterocycles. The van der Waals surface area contributed by atoms with Crippen LogP contribution in [0.1, 0.15) is 24.5 Å². The van der Waals surface area contributed by atoms with Gasteiger partial charge in [0.2, 0.25) is 0 Å². The summed E-state index contributed by atoms with van der Waals surface area (Å²) in [4.78, 5) is 7.83. The van der Waals surface area contributed by atoms with E-state index in [1.165, 1.54) is 30.6 Å². The Hall–Kier alpha value is -2.31. The lowest BCUT2D eigenvalue weighted by Gasteiger charge is -2.09. The van der Waals surface area contributed by atoms with Crippen molar-refractivity contribution < 1.29 is 17.9 Å². The highest BCUT2D eigenvalue weighted by molar-refractivity contribution is 5.58. The Morgan fingerprint density at radius 1 is 1.14 bits per heavy atom. The molecule has 1 aliphatic rings. The summed E-state index contributed by atoms with van der Waals surface area (Å²) in [6, 6.07) is 5.76. The lowest BCUT2D eigenvalue weighted by atomic mass is 10.2. The standard InChI is InChI=1S/C14H12F3N3O/c15-11-12(8-1-2-8)18-7-19-13(11)20-9-3-5-10(6-4-9)21-14(16)17/h3-8,14H,1-2H2,(H,18,19,20). The minimum Gasteiger partial charge on any atom is -0.435 e. The van der Waals surface area contributed by atoms with Crippen LogP contribution in [0.15, 0.2) is 30.6 Å². The zero-order valence-electron chi connectivity index (χ0n) is 10.9. The van der Waals surface area contributed by atoms with Crippen LogP contribution >= 0.6 is 0 Å². The molecule has 21 heavy (non-hydrogen) atoms. The van der Waals surface area contributed by atoms with Crippen LogP contribution in [0.5, 0.6) is 5.75 Å². The van der Waals surface area contributed by atoms with E-state index < -0.39 is 12.4 Å². The zero-order valence-corrected chi connectivity index (χ0v) is 10.9. The monoisotopic (exact) mass is 295 g/mol. The molecule has 0 saturated heterocycles. The summed E-state index contributed by atoms with van der Waals surface area (Å²) in [5, 5.41) is 2.81. The zero-order chi connectivity index (χ0) is 14.8. The molecule has 0 spiro atoms. The van der Waals surface area contributed by atoms with Crippen molar-refractivity contribution in [1.82, 2.24) is 9.97 Å². The van der Waals surface area contributed by atoms with Crippen molar-refractivity contribution in [1.29, 1.82) is 0 Å². The van der Waals surface area contributed by atoms with Crippen LogP contribution in [0.2, 0.25) is 0 Å². The molecule has 1 fully saturated rings.